The van der Waals surface area contributed by atoms with Gasteiger partial charge in [0.15, 0.2) is 11.5 Å². The first-order valence-electron chi connectivity index (χ1n) is 8.93. The van der Waals surface area contributed by atoms with Crippen molar-refractivity contribution in [3.8, 4) is 28.6 Å². The summed E-state index contributed by atoms with van der Waals surface area (Å²) < 4.78 is 11.0. The Morgan fingerprint density at radius 1 is 0.893 bits per heavy atom. The number of carbonyl (C=O) groups is 1. The number of amides is 1. The summed E-state index contributed by atoms with van der Waals surface area (Å²) in [6.07, 6.45) is 0. The van der Waals surface area contributed by atoms with Crippen molar-refractivity contribution in [2.24, 2.45) is 0 Å². The summed E-state index contributed by atoms with van der Waals surface area (Å²) in [6.45, 7) is 5.84. The van der Waals surface area contributed by atoms with Crippen LogP contribution in [-0.4, -0.2) is 28.8 Å². The Morgan fingerprint density at radius 2 is 1.57 bits per heavy atom. The second kappa shape index (κ2) is 8.08. The van der Waals surface area contributed by atoms with E-state index in [0.717, 1.165) is 5.56 Å². The van der Waals surface area contributed by atoms with Gasteiger partial charge in [-0.1, -0.05) is 24.3 Å². The van der Waals surface area contributed by atoms with Crippen LogP contribution < -0.4 is 14.8 Å². The normalized spacial score (nSPS) is 11.0. The van der Waals surface area contributed by atoms with Gasteiger partial charge >= 0.3 is 0 Å². The van der Waals surface area contributed by atoms with Gasteiger partial charge in [-0.25, -0.2) is 0 Å². The van der Waals surface area contributed by atoms with Crippen molar-refractivity contribution in [1.29, 1.82) is 0 Å². The first-order valence-corrected chi connectivity index (χ1v) is 8.93. The fourth-order valence-electron chi connectivity index (χ4n) is 2.55. The van der Waals surface area contributed by atoms with Crippen molar-refractivity contribution in [2.45, 2.75) is 26.3 Å². The minimum absolute atomic E-state index is 0.106. The van der Waals surface area contributed by atoms with Gasteiger partial charge in [0.2, 0.25) is 5.88 Å². The zero-order chi connectivity index (χ0) is 20.1. The summed E-state index contributed by atoms with van der Waals surface area (Å²) in [5.74, 6) is 1.46. The molecule has 0 bridgehead atoms. The lowest BCUT2D eigenvalue weighted by atomic mass is 10.1. The summed E-state index contributed by atoms with van der Waals surface area (Å²) in [6, 6.07) is 18.2. The molecule has 0 aliphatic heterocycles. The third-order valence-corrected chi connectivity index (χ3v) is 3.86. The van der Waals surface area contributed by atoms with Crippen LogP contribution in [0.5, 0.6) is 17.4 Å². The monoisotopic (exact) mass is 377 g/mol. The van der Waals surface area contributed by atoms with Crippen molar-refractivity contribution in [3.63, 3.8) is 0 Å². The molecule has 1 heterocycles. The van der Waals surface area contributed by atoms with Crippen LogP contribution in [0.2, 0.25) is 0 Å². The van der Waals surface area contributed by atoms with Gasteiger partial charge in [-0.2, -0.15) is 0 Å². The number of para-hydroxylation sites is 2. The fraction of sp³-hybridized carbons (Fsp3) is 0.227. The number of nitrogens with one attached hydrogen (secondary N) is 1. The van der Waals surface area contributed by atoms with E-state index < -0.39 is 0 Å². The average Bonchev–Trinajstić information content (AvgIpc) is 2.68. The first-order chi connectivity index (χ1) is 13.4. The van der Waals surface area contributed by atoms with Gasteiger partial charge in [-0.15, -0.1) is 10.2 Å². The highest BCUT2D eigenvalue weighted by Gasteiger charge is 2.15. The van der Waals surface area contributed by atoms with E-state index >= 15 is 0 Å². The lowest BCUT2D eigenvalue weighted by molar-refractivity contribution is 0.0919. The van der Waals surface area contributed by atoms with Crippen molar-refractivity contribution in [2.75, 3.05) is 7.11 Å². The predicted octanol–water partition coefficient (Wildman–Crippen LogP) is 4.47. The number of rotatable bonds is 5. The van der Waals surface area contributed by atoms with E-state index in [1.807, 2.05) is 57.2 Å². The third-order valence-electron chi connectivity index (χ3n) is 3.86. The summed E-state index contributed by atoms with van der Waals surface area (Å²) in [5.41, 5.74) is 1.87. The molecule has 0 saturated carbocycles. The van der Waals surface area contributed by atoms with E-state index in [1.165, 1.54) is 0 Å². The van der Waals surface area contributed by atoms with Crippen molar-refractivity contribution in [1.82, 2.24) is 15.5 Å². The molecule has 0 radical (unpaired) electrons. The average molecular weight is 377 g/mol. The van der Waals surface area contributed by atoms with Gasteiger partial charge in [-0.05, 0) is 51.1 Å². The second-order valence-electron chi connectivity index (χ2n) is 7.29. The molecule has 0 spiro atoms. The molecule has 3 aromatic rings. The number of aromatic nitrogens is 2. The molecular formula is C22H23N3O3. The van der Waals surface area contributed by atoms with E-state index in [9.17, 15) is 4.79 Å². The van der Waals surface area contributed by atoms with E-state index in [1.54, 1.807) is 31.4 Å². The smallest absolute Gasteiger partial charge is 0.251 e. The molecule has 28 heavy (non-hydrogen) atoms. The standard InChI is InChI=1S/C22H23N3O3/c1-22(2,3)23-21(26)16-11-9-15(10-12-16)17-13-14-20(25-24-17)28-19-8-6-5-7-18(19)27-4/h5-14H,1-4H3,(H,23,26). The summed E-state index contributed by atoms with van der Waals surface area (Å²) in [5, 5.41) is 11.3. The summed E-state index contributed by atoms with van der Waals surface area (Å²) in [4.78, 5) is 12.2. The Bertz CT molecular complexity index is 946. The number of hydrogen-bond acceptors (Lipinski definition) is 5. The molecule has 0 aliphatic carbocycles. The number of hydrogen-bond donors (Lipinski definition) is 1. The predicted molar refractivity (Wildman–Crippen MR) is 108 cm³/mol. The molecule has 3 rings (SSSR count). The minimum atomic E-state index is -0.279. The molecule has 1 aromatic heterocycles. The number of carbonyl (C=O) groups excluding carboxylic acids is 1. The highest BCUT2D eigenvalue weighted by atomic mass is 16.5. The number of methoxy groups -OCH3 is 1. The number of nitrogens with zero attached hydrogens (tertiary/aromatic N) is 2. The number of ether oxygens (including phenoxy) is 2. The Kier molecular flexibility index (Phi) is 5.59. The fourth-order valence-corrected chi connectivity index (χ4v) is 2.55. The zero-order valence-electron chi connectivity index (χ0n) is 16.4. The van der Waals surface area contributed by atoms with Crippen LogP contribution in [0.25, 0.3) is 11.3 Å². The first kappa shape index (κ1) is 19.4. The van der Waals surface area contributed by atoms with Crippen LogP contribution in [0.15, 0.2) is 60.7 Å². The van der Waals surface area contributed by atoms with Crippen molar-refractivity contribution < 1.29 is 14.3 Å². The molecule has 144 valence electrons. The topological polar surface area (TPSA) is 73.3 Å². The van der Waals surface area contributed by atoms with Crippen molar-refractivity contribution >= 4 is 5.91 Å². The maximum atomic E-state index is 12.2. The van der Waals surface area contributed by atoms with Crippen LogP contribution in [0.1, 0.15) is 31.1 Å². The van der Waals surface area contributed by atoms with Gasteiger partial charge in [0.25, 0.3) is 5.91 Å². The second-order valence-corrected chi connectivity index (χ2v) is 7.29. The molecule has 0 saturated heterocycles. The molecule has 1 amide bonds. The highest BCUT2D eigenvalue weighted by molar-refractivity contribution is 5.95. The SMILES string of the molecule is COc1ccccc1Oc1ccc(-c2ccc(C(=O)NC(C)(C)C)cc2)nn1. The maximum Gasteiger partial charge on any atom is 0.251 e. The minimum Gasteiger partial charge on any atom is -0.493 e. The largest absolute Gasteiger partial charge is 0.493 e. The van der Waals surface area contributed by atoms with Crippen molar-refractivity contribution in [3.05, 3.63) is 66.2 Å². The van der Waals surface area contributed by atoms with Gasteiger partial charge in [0.1, 0.15) is 0 Å². The van der Waals surface area contributed by atoms with Crippen LogP contribution in [0.3, 0.4) is 0 Å². The Balaban J connectivity index is 1.72. The summed E-state index contributed by atoms with van der Waals surface area (Å²) >= 11 is 0. The Morgan fingerprint density at radius 3 is 2.14 bits per heavy atom. The molecule has 2 aromatic carbocycles. The number of benzene rings is 2. The molecular weight excluding hydrogens is 354 g/mol. The molecule has 1 N–H and O–H groups in total. The molecule has 6 heteroatoms. The maximum absolute atomic E-state index is 12.2. The van der Waals surface area contributed by atoms with E-state index in [0.29, 0.717) is 28.6 Å². The van der Waals surface area contributed by atoms with Gasteiger partial charge in [0, 0.05) is 22.7 Å². The van der Waals surface area contributed by atoms with Crippen LogP contribution in [0, 0.1) is 0 Å². The lowest BCUT2D eigenvalue weighted by Crippen LogP contribution is -2.40. The van der Waals surface area contributed by atoms with Crippen LogP contribution in [0.4, 0.5) is 0 Å². The lowest BCUT2D eigenvalue weighted by Gasteiger charge is -2.20. The van der Waals surface area contributed by atoms with Gasteiger partial charge < -0.3 is 14.8 Å². The summed E-state index contributed by atoms with van der Waals surface area (Å²) in [7, 11) is 1.59. The highest BCUT2D eigenvalue weighted by Crippen LogP contribution is 2.30. The van der Waals surface area contributed by atoms with Gasteiger partial charge in [-0.3, -0.25) is 4.79 Å². The van der Waals surface area contributed by atoms with Crippen LogP contribution >= 0.6 is 0 Å². The molecule has 0 aliphatic rings. The van der Waals surface area contributed by atoms with E-state index in [4.69, 9.17) is 9.47 Å². The molecule has 0 unspecified atom stereocenters. The van der Waals surface area contributed by atoms with E-state index in [2.05, 4.69) is 15.5 Å². The zero-order valence-corrected chi connectivity index (χ0v) is 16.4. The molecule has 0 fully saturated rings. The quantitative estimate of drug-likeness (QED) is 0.710. The van der Waals surface area contributed by atoms with Gasteiger partial charge in [0.05, 0.1) is 12.8 Å². The Hall–Kier alpha value is -3.41. The Labute approximate surface area is 164 Å². The third kappa shape index (κ3) is 4.85. The van der Waals surface area contributed by atoms with Crippen LogP contribution in [-0.2, 0) is 0 Å². The molecule has 0 atom stereocenters. The molecule has 6 nitrogen and oxygen atoms in total. The van der Waals surface area contributed by atoms with E-state index in [-0.39, 0.29) is 11.4 Å².